The zero-order chi connectivity index (χ0) is 17.5. The van der Waals surface area contributed by atoms with Gasteiger partial charge in [-0.15, -0.1) is 11.8 Å². The van der Waals surface area contributed by atoms with Crippen molar-refractivity contribution in [2.75, 3.05) is 27.0 Å². The molecule has 0 bridgehead atoms. The summed E-state index contributed by atoms with van der Waals surface area (Å²) in [4.78, 5) is 15.0. The van der Waals surface area contributed by atoms with E-state index in [-0.39, 0.29) is 5.91 Å². The van der Waals surface area contributed by atoms with Gasteiger partial charge in [0.05, 0.1) is 20.0 Å². The quantitative estimate of drug-likeness (QED) is 0.692. The molecule has 4 nitrogen and oxygen atoms in total. The number of carbonyl (C=O) groups is 1. The normalized spacial score (nSPS) is 10.3. The summed E-state index contributed by atoms with van der Waals surface area (Å²) in [5.74, 6) is 1.77. The summed E-state index contributed by atoms with van der Waals surface area (Å²) < 4.78 is 10.5. The molecule has 0 fully saturated rings. The van der Waals surface area contributed by atoms with E-state index >= 15 is 0 Å². The number of benzene rings is 2. The number of methoxy groups -OCH3 is 2. The Labute approximate surface area is 151 Å². The van der Waals surface area contributed by atoms with Gasteiger partial charge in [-0.25, -0.2) is 0 Å². The standard InChI is InChI=1S/C18H20ClNO3S/c1-20(11-13-4-9-16(22-2)17(10-13)23-3)18(21)12-24-15-7-5-14(19)6-8-15/h4-10H,11-12H2,1-3H3. The third-order valence-corrected chi connectivity index (χ3v) is 4.72. The van der Waals surface area contributed by atoms with E-state index in [0.29, 0.717) is 28.8 Å². The number of hydrogen-bond donors (Lipinski definition) is 0. The van der Waals surface area contributed by atoms with Gasteiger partial charge in [-0.05, 0) is 42.0 Å². The number of thioether (sulfide) groups is 1. The van der Waals surface area contributed by atoms with Crippen molar-refractivity contribution in [2.24, 2.45) is 0 Å². The largest absolute Gasteiger partial charge is 0.493 e. The Morgan fingerprint density at radius 3 is 2.38 bits per heavy atom. The van der Waals surface area contributed by atoms with E-state index in [2.05, 4.69) is 0 Å². The van der Waals surface area contributed by atoms with Gasteiger partial charge in [0.2, 0.25) is 5.91 Å². The van der Waals surface area contributed by atoms with E-state index in [0.717, 1.165) is 10.5 Å². The molecule has 2 aromatic carbocycles. The van der Waals surface area contributed by atoms with Crippen LogP contribution < -0.4 is 9.47 Å². The molecule has 0 spiro atoms. The number of ether oxygens (including phenoxy) is 2. The molecular formula is C18H20ClNO3S. The molecule has 0 saturated heterocycles. The minimum atomic E-state index is 0.0599. The molecule has 1 amide bonds. The highest BCUT2D eigenvalue weighted by Gasteiger charge is 2.12. The predicted molar refractivity (Wildman–Crippen MR) is 98.2 cm³/mol. The first-order chi connectivity index (χ1) is 11.5. The smallest absolute Gasteiger partial charge is 0.232 e. The highest BCUT2D eigenvalue weighted by atomic mass is 35.5. The summed E-state index contributed by atoms with van der Waals surface area (Å²) in [6.45, 7) is 0.514. The van der Waals surface area contributed by atoms with Crippen molar-refractivity contribution in [1.29, 1.82) is 0 Å². The van der Waals surface area contributed by atoms with Gasteiger partial charge in [-0.1, -0.05) is 17.7 Å². The summed E-state index contributed by atoms with van der Waals surface area (Å²) in [5, 5.41) is 0.691. The van der Waals surface area contributed by atoms with Gasteiger partial charge in [-0.3, -0.25) is 4.79 Å². The average molecular weight is 366 g/mol. The van der Waals surface area contributed by atoms with E-state index in [1.54, 1.807) is 26.2 Å². The highest BCUT2D eigenvalue weighted by Crippen LogP contribution is 2.28. The van der Waals surface area contributed by atoms with Crippen molar-refractivity contribution < 1.29 is 14.3 Å². The minimum Gasteiger partial charge on any atom is -0.493 e. The molecule has 0 aromatic heterocycles. The number of rotatable bonds is 7. The van der Waals surface area contributed by atoms with Crippen LogP contribution in [0.15, 0.2) is 47.4 Å². The molecule has 0 heterocycles. The maximum absolute atomic E-state index is 12.3. The Morgan fingerprint density at radius 2 is 1.75 bits per heavy atom. The van der Waals surface area contributed by atoms with Crippen LogP contribution in [0.25, 0.3) is 0 Å². The average Bonchev–Trinajstić information content (AvgIpc) is 2.60. The fourth-order valence-corrected chi connectivity index (χ4v) is 3.09. The second-order valence-corrected chi connectivity index (χ2v) is 6.67. The maximum atomic E-state index is 12.3. The molecule has 0 unspecified atom stereocenters. The van der Waals surface area contributed by atoms with Crippen LogP contribution in [-0.2, 0) is 11.3 Å². The van der Waals surface area contributed by atoms with Crippen molar-refractivity contribution in [2.45, 2.75) is 11.4 Å². The third kappa shape index (κ3) is 5.08. The molecule has 0 aliphatic rings. The van der Waals surface area contributed by atoms with Crippen LogP contribution in [0, 0.1) is 0 Å². The molecule has 0 radical (unpaired) electrons. The lowest BCUT2D eigenvalue weighted by Gasteiger charge is -2.18. The predicted octanol–water partition coefficient (Wildman–Crippen LogP) is 4.11. The molecule has 128 valence electrons. The van der Waals surface area contributed by atoms with E-state index in [4.69, 9.17) is 21.1 Å². The van der Waals surface area contributed by atoms with Crippen LogP contribution >= 0.6 is 23.4 Å². The molecule has 2 rings (SSSR count). The van der Waals surface area contributed by atoms with Gasteiger partial charge in [-0.2, -0.15) is 0 Å². The minimum absolute atomic E-state index is 0.0599. The van der Waals surface area contributed by atoms with Gasteiger partial charge in [0.15, 0.2) is 11.5 Å². The number of halogens is 1. The Hall–Kier alpha value is -1.85. The molecular weight excluding hydrogens is 346 g/mol. The van der Waals surface area contributed by atoms with Crippen LogP contribution in [-0.4, -0.2) is 37.8 Å². The van der Waals surface area contributed by atoms with Gasteiger partial charge < -0.3 is 14.4 Å². The van der Waals surface area contributed by atoms with Crippen LogP contribution in [0.1, 0.15) is 5.56 Å². The second kappa shape index (κ2) is 8.85. The fourth-order valence-electron chi connectivity index (χ4n) is 2.13. The first kappa shape index (κ1) is 18.5. The lowest BCUT2D eigenvalue weighted by Crippen LogP contribution is -2.27. The molecule has 0 N–H and O–H groups in total. The van der Waals surface area contributed by atoms with Crippen molar-refractivity contribution in [3.05, 3.63) is 53.1 Å². The lowest BCUT2D eigenvalue weighted by molar-refractivity contribution is -0.127. The van der Waals surface area contributed by atoms with Gasteiger partial charge in [0, 0.05) is 23.5 Å². The van der Waals surface area contributed by atoms with Crippen molar-refractivity contribution >= 4 is 29.3 Å². The number of nitrogens with zero attached hydrogens (tertiary/aromatic N) is 1. The summed E-state index contributed by atoms with van der Waals surface area (Å²) in [5.41, 5.74) is 0.986. The third-order valence-electron chi connectivity index (χ3n) is 3.47. The molecule has 0 aliphatic carbocycles. The summed E-state index contributed by atoms with van der Waals surface area (Å²) in [6, 6.07) is 13.1. The summed E-state index contributed by atoms with van der Waals surface area (Å²) >= 11 is 7.35. The molecule has 6 heteroatoms. The number of amides is 1. The zero-order valence-corrected chi connectivity index (χ0v) is 15.5. The Bertz CT molecular complexity index is 691. The molecule has 2 aromatic rings. The first-order valence-electron chi connectivity index (χ1n) is 7.36. The topological polar surface area (TPSA) is 38.8 Å². The molecule has 24 heavy (non-hydrogen) atoms. The summed E-state index contributed by atoms with van der Waals surface area (Å²) in [6.07, 6.45) is 0. The number of hydrogen-bond acceptors (Lipinski definition) is 4. The lowest BCUT2D eigenvalue weighted by atomic mass is 10.2. The Balaban J connectivity index is 1.92. The Morgan fingerprint density at radius 1 is 1.08 bits per heavy atom. The van der Waals surface area contributed by atoms with Crippen LogP contribution in [0.4, 0.5) is 0 Å². The van der Waals surface area contributed by atoms with Crippen LogP contribution in [0.3, 0.4) is 0 Å². The molecule has 0 saturated carbocycles. The van der Waals surface area contributed by atoms with Gasteiger partial charge in [0.1, 0.15) is 0 Å². The van der Waals surface area contributed by atoms with Gasteiger partial charge >= 0.3 is 0 Å². The highest BCUT2D eigenvalue weighted by molar-refractivity contribution is 8.00. The zero-order valence-electron chi connectivity index (χ0n) is 13.9. The van der Waals surface area contributed by atoms with Crippen molar-refractivity contribution in [3.8, 4) is 11.5 Å². The molecule has 0 aliphatic heterocycles. The van der Waals surface area contributed by atoms with E-state index in [9.17, 15) is 4.79 Å². The fraction of sp³-hybridized carbons (Fsp3) is 0.278. The summed E-state index contributed by atoms with van der Waals surface area (Å²) in [7, 11) is 4.99. The van der Waals surface area contributed by atoms with Crippen molar-refractivity contribution in [1.82, 2.24) is 4.90 Å². The molecule has 0 atom stereocenters. The monoisotopic (exact) mass is 365 g/mol. The van der Waals surface area contributed by atoms with Crippen LogP contribution in [0.2, 0.25) is 5.02 Å². The first-order valence-corrected chi connectivity index (χ1v) is 8.73. The van der Waals surface area contributed by atoms with Gasteiger partial charge in [0.25, 0.3) is 0 Å². The maximum Gasteiger partial charge on any atom is 0.232 e. The number of carbonyl (C=O) groups excluding carboxylic acids is 1. The van der Waals surface area contributed by atoms with E-state index in [1.807, 2.05) is 42.5 Å². The second-order valence-electron chi connectivity index (χ2n) is 5.18. The van der Waals surface area contributed by atoms with E-state index < -0.39 is 0 Å². The van der Waals surface area contributed by atoms with E-state index in [1.165, 1.54) is 11.8 Å². The SMILES string of the molecule is COc1ccc(CN(C)C(=O)CSc2ccc(Cl)cc2)cc1OC. The van der Waals surface area contributed by atoms with Crippen molar-refractivity contribution in [3.63, 3.8) is 0 Å². The Kier molecular flexibility index (Phi) is 6.82. The van der Waals surface area contributed by atoms with Crippen LogP contribution in [0.5, 0.6) is 11.5 Å².